The van der Waals surface area contributed by atoms with Crippen LogP contribution in [0, 0.1) is 0 Å². The average molecular weight is 203 g/mol. The zero-order valence-corrected chi connectivity index (χ0v) is 7.73. The highest BCUT2D eigenvalue weighted by molar-refractivity contribution is 6.24. The van der Waals surface area contributed by atoms with Crippen LogP contribution in [0.25, 0.3) is 0 Å². The van der Waals surface area contributed by atoms with E-state index in [0.717, 1.165) is 11.3 Å². The average Bonchev–Trinajstić information content (AvgIpc) is 2.04. The third-order valence-electron chi connectivity index (χ3n) is 1.81. The topological polar surface area (TPSA) is 24.1 Å². The Kier molecular flexibility index (Phi) is 2.13. The van der Waals surface area contributed by atoms with Gasteiger partial charge in [0.2, 0.25) is 0 Å². The summed E-state index contributed by atoms with van der Waals surface area (Å²) in [6.07, 6.45) is 0. The van der Waals surface area contributed by atoms with Crippen molar-refractivity contribution >= 4 is 28.9 Å². The van der Waals surface area contributed by atoms with Gasteiger partial charge in [0, 0.05) is 11.3 Å². The first-order chi connectivity index (χ1) is 5.77. The van der Waals surface area contributed by atoms with Crippen LogP contribution in [0.1, 0.15) is 11.1 Å². The second-order valence-corrected chi connectivity index (χ2v) is 3.50. The number of hydrogen-bond acceptors (Lipinski definition) is 2. The van der Waals surface area contributed by atoms with Crippen LogP contribution in [0.5, 0.6) is 0 Å². The van der Waals surface area contributed by atoms with Gasteiger partial charge in [0.15, 0.2) is 5.62 Å². The number of rotatable bonds is 0. The summed E-state index contributed by atoms with van der Waals surface area (Å²) in [5.41, 5.74) is 1.54. The fraction of sp³-hybridized carbons (Fsp3) is 0.250. The summed E-state index contributed by atoms with van der Waals surface area (Å²) in [6, 6.07) is 7.83. The minimum Gasteiger partial charge on any atom is -0.357 e. The Morgan fingerprint density at radius 2 is 1.92 bits per heavy atom. The molecule has 1 aromatic rings. The lowest BCUT2D eigenvalue weighted by Crippen LogP contribution is -2.37. The molecule has 2 N–H and O–H groups in total. The molecule has 2 nitrogen and oxygen atoms in total. The van der Waals surface area contributed by atoms with E-state index >= 15 is 0 Å². The molecular weight excluding hydrogens is 195 g/mol. The van der Waals surface area contributed by atoms with E-state index in [2.05, 4.69) is 10.6 Å². The van der Waals surface area contributed by atoms with Gasteiger partial charge in [-0.1, -0.05) is 29.8 Å². The van der Waals surface area contributed by atoms with Gasteiger partial charge in [0.25, 0.3) is 0 Å². The van der Waals surface area contributed by atoms with Gasteiger partial charge >= 0.3 is 0 Å². The van der Waals surface area contributed by atoms with Gasteiger partial charge < -0.3 is 5.32 Å². The summed E-state index contributed by atoms with van der Waals surface area (Å²) in [7, 11) is 0. The number of para-hydroxylation sites is 1. The lowest BCUT2D eigenvalue weighted by Gasteiger charge is -2.27. The lowest BCUT2D eigenvalue weighted by molar-refractivity contribution is 0.642. The van der Waals surface area contributed by atoms with Crippen LogP contribution < -0.4 is 10.6 Å². The molecule has 64 valence electrons. The Bertz CT molecular complexity index is 290. The predicted octanol–water partition coefficient (Wildman–Crippen LogP) is 2.46. The first-order valence-electron chi connectivity index (χ1n) is 3.67. The molecule has 0 fully saturated rings. The van der Waals surface area contributed by atoms with Crippen molar-refractivity contribution < 1.29 is 0 Å². The van der Waals surface area contributed by atoms with Crippen molar-refractivity contribution in [2.75, 3.05) is 5.32 Å². The molecule has 0 radical (unpaired) electrons. The summed E-state index contributed by atoms with van der Waals surface area (Å²) >= 11 is 11.8. The maximum absolute atomic E-state index is 6.01. The van der Waals surface area contributed by atoms with E-state index in [1.54, 1.807) is 0 Å². The van der Waals surface area contributed by atoms with Gasteiger partial charge in [0.1, 0.15) is 5.50 Å². The van der Waals surface area contributed by atoms with E-state index in [1.807, 2.05) is 24.3 Å². The predicted molar refractivity (Wildman–Crippen MR) is 51.4 cm³/mol. The fourth-order valence-electron chi connectivity index (χ4n) is 1.25. The third-order valence-corrected chi connectivity index (χ3v) is 2.40. The Morgan fingerprint density at radius 3 is 2.75 bits per heavy atom. The van der Waals surface area contributed by atoms with Crippen LogP contribution in [-0.4, -0.2) is 5.62 Å². The van der Waals surface area contributed by atoms with Gasteiger partial charge in [-0.25, -0.2) is 0 Å². The Labute approximate surface area is 80.9 Å². The molecule has 0 bridgehead atoms. The van der Waals surface area contributed by atoms with Crippen molar-refractivity contribution in [1.29, 1.82) is 0 Å². The summed E-state index contributed by atoms with van der Waals surface area (Å²) in [5, 5.41) is 6.02. The number of hydrogen-bond donors (Lipinski definition) is 2. The van der Waals surface area contributed by atoms with Gasteiger partial charge in [-0.2, -0.15) is 0 Å². The molecule has 0 amide bonds. The maximum atomic E-state index is 6.01. The minimum absolute atomic E-state index is 0.204. The first-order valence-corrected chi connectivity index (χ1v) is 4.54. The molecule has 4 heteroatoms. The second kappa shape index (κ2) is 3.13. The number of fused-ring (bicyclic) bond motifs is 1. The smallest absolute Gasteiger partial charge is 0.156 e. The van der Waals surface area contributed by atoms with Crippen molar-refractivity contribution in [2.45, 2.75) is 11.1 Å². The number of alkyl halides is 2. The van der Waals surface area contributed by atoms with Gasteiger partial charge in [-0.05, 0) is 6.07 Å². The molecule has 2 atom stereocenters. The second-order valence-electron chi connectivity index (χ2n) is 2.62. The van der Waals surface area contributed by atoms with Crippen molar-refractivity contribution in [3.63, 3.8) is 0 Å². The molecule has 2 rings (SSSR count). The van der Waals surface area contributed by atoms with Gasteiger partial charge in [-0.3, -0.25) is 5.32 Å². The first kappa shape index (κ1) is 8.17. The van der Waals surface area contributed by atoms with Crippen molar-refractivity contribution in [1.82, 2.24) is 5.32 Å². The molecule has 0 aromatic heterocycles. The molecule has 1 heterocycles. The molecule has 1 aromatic carbocycles. The number of anilines is 1. The summed E-state index contributed by atoms with van der Waals surface area (Å²) < 4.78 is 0. The summed E-state index contributed by atoms with van der Waals surface area (Å²) in [5.74, 6) is 0. The quantitative estimate of drug-likeness (QED) is 0.499. The third kappa shape index (κ3) is 1.38. The fourth-order valence-corrected chi connectivity index (χ4v) is 1.87. The standard InChI is InChI=1S/C8H8Cl2N2/c9-7-5-3-1-2-4-6(5)11-8(10)12-7/h1-4,7-8,11-12H. The zero-order chi connectivity index (χ0) is 8.55. The Morgan fingerprint density at radius 1 is 1.17 bits per heavy atom. The molecule has 0 saturated carbocycles. The highest BCUT2D eigenvalue weighted by atomic mass is 35.5. The SMILES string of the molecule is ClC1Nc2ccccc2C(Cl)N1. The van der Waals surface area contributed by atoms with Crippen LogP contribution >= 0.6 is 23.2 Å². The molecule has 2 unspecified atom stereocenters. The van der Waals surface area contributed by atoms with Crippen LogP contribution in [0.4, 0.5) is 5.69 Å². The molecule has 0 spiro atoms. The molecule has 0 aliphatic carbocycles. The van der Waals surface area contributed by atoms with E-state index in [9.17, 15) is 0 Å². The monoisotopic (exact) mass is 202 g/mol. The summed E-state index contributed by atoms with van der Waals surface area (Å²) in [4.78, 5) is 0. The van der Waals surface area contributed by atoms with Crippen molar-refractivity contribution in [2.24, 2.45) is 0 Å². The van der Waals surface area contributed by atoms with E-state index < -0.39 is 0 Å². The van der Waals surface area contributed by atoms with E-state index in [0.29, 0.717) is 0 Å². The maximum Gasteiger partial charge on any atom is 0.156 e. The van der Waals surface area contributed by atoms with Gasteiger partial charge in [0.05, 0.1) is 0 Å². The number of benzene rings is 1. The Hall–Kier alpha value is -0.440. The molecule has 12 heavy (non-hydrogen) atoms. The molecular formula is C8H8Cl2N2. The van der Waals surface area contributed by atoms with E-state index in [4.69, 9.17) is 23.2 Å². The van der Waals surface area contributed by atoms with Crippen LogP contribution in [0.3, 0.4) is 0 Å². The van der Waals surface area contributed by atoms with Crippen molar-refractivity contribution in [3.8, 4) is 0 Å². The lowest BCUT2D eigenvalue weighted by atomic mass is 10.1. The van der Waals surface area contributed by atoms with Crippen LogP contribution in [0.15, 0.2) is 24.3 Å². The van der Waals surface area contributed by atoms with Gasteiger partial charge in [-0.15, -0.1) is 11.6 Å². The van der Waals surface area contributed by atoms with E-state index in [-0.39, 0.29) is 11.1 Å². The van der Waals surface area contributed by atoms with Crippen LogP contribution in [-0.2, 0) is 0 Å². The number of nitrogens with one attached hydrogen (secondary N) is 2. The van der Waals surface area contributed by atoms with E-state index in [1.165, 1.54) is 0 Å². The highest BCUT2D eigenvalue weighted by Gasteiger charge is 2.21. The normalized spacial score (nSPS) is 27.5. The Balaban J connectivity index is 2.40. The largest absolute Gasteiger partial charge is 0.357 e. The zero-order valence-electron chi connectivity index (χ0n) is 6.22. The van der Waals surface area contributed by atoms with Crippen LogP contribution in [0.2, 0.25) is 0 Å². The summed E-state index contributed by atoms with van der Waals surface area (Å²) in [6.45, 7) is 0. The molecule has 1 aliphatic rings. The van der Waals surface area contributed by atoms with Crippen molar-refractivity contribution in [3.05, 3.63) is 29.8 Å². The molecule has 1 aliphatic heterocycles. The molecule has 0 saturated heterocycles. The highest BCUT2D eigenvalue weighted by Crippen LogP contribution is 2.30. The minimum atomic E-state index is -0.289. The number of halogens is 2.